The van der Waals surface area contributed by atoms with Crippen LogP contribution in [-0.2, 0) is 64.0 Å². The van der Waals surface area contributed by atoms with Gasteiger partial charge in [0.05, 0.1) is 31.3 Å². The van der Waals surface area contributed by atoms with Crippen molar-refractivity contribution in [2.24, 2.45) is 46.8 Å². The molecule has 90 heavy (non-hydrogen) atoms. The Morgan fingerprint density at radius 1 is 0.433 bits per heavy atom. The maximum atomic E-state index is 14.4. The first-order valence-electron chi connectivity index (χ1n) is 31.2. The molecule has 0 aliphatic rings. The zero-order valence-electron chi connectivity index (χ0n) is 54.6. The van der Waals surface area contributed by atoms with Crippen molar-refractivity contribution in [1.82, 2.24) is 58.5 Å². The quantitative estimate of drug-likeness (QED) is 0.0306. The molecule has 20 N–H and O–H groups in total. The van der Waals surface area contributed by atoms with Gasteiger partial charge >= 0.3 is 5.97 Å². The Labute approximate surface area is 529 Å². The summed E-state index contributed by atoms with van der Waals surface area (Å²) in [5.41, 5.74) is 17.8. The molecular formula is C61H106N14O15. The lowest BCUT2D eigenvalue weighted by molar-refractivity contribution is -0.144. The molecule has 0 radical (unpaired) electrons. The van der Waals surface area contributed by atoms with Gasteiger partial charge in [-0.3, -0.25) is 52.7 Å². The summed E-state index contributed by atoms with van der Waals surface area (Å²) in [5, 5.41) is 59.1. The highest BCUT2D eigenvalue weighted by atomic mass is 16.4. The molecule has 0 saturated heterocycles. The number of nitrogens with one attached hydrogen (secondary N) is 11. The zero-order valence-corrected chi connectivity index (χ0v) is 54.6. The first-order valence-corrected chi connectivity index (χ1v) is 31.2. The molecule has 510 valence electrons. The maximum absolute atomic E-state index is 14.4. The van der Waals surface area contributed by atoms with Gasteiger partial charge in [-0.1, -0.05) is 112 Å². The number of nitrogens with two attached hydrogens (primary N) is 3. The van der Waals surface area contributed by atoms with E-state index in [1.54, 1.807) is 78.8 Å². The number of hydrogen-bond acceptors (Lipinski definition) is 17. The van der Waals surface area contributed by atoms with Crippen LogP contribution in [-0.4, -0.2) is 185 Å². The number of unbranched alkanes of at least 4 members (excludes halogenated alkanes) is 2. The summed E-state index contributed by atoms with van der Waals surface area (Å²) < 4.78 is 0. The highest BCUT2D eigenvalue weighted by Gasteiger charge is 2.38. The normalized spacial score (nSPS) is 15.7. The number of aliphatic hydroxyl groups excluding tert-OH is 2. The molecule has 0 aliphatic carbocycles. The molecule has 0 spiro atoms. The van der Waals surface area contributed by atoms with Crippen LogP contribution in [0.4, 0.5) is 0 Å². The van der Waals surface area contributed by atoms with E-state index in [0.29, 0.717) is 50.6 Å². The van der Waals surface area contributed by atoms with Crippen LogP contribution in [0.2, 0.25) is 0 Å². The predicted octanol–water partition coefficient (Wildman–Crippen LogP) is -2.29. The molecule has 0 aliphatic heterocycles. The molecule has 13 atom stereocenters. The molecule has 0 unspecified atom stereocenters. The van der Waals surface area contributed by atoms with E-state index in [0.717, 1.165) is 0 Å². The molecule has 11 amide bonds. The molecule has 0 heterocycles. The van der Waals surface area contributed by atoms with Crippen molar-refractivity contribution >= 4 is 70.9 Å². The van der Waals surface area contributed by atoms with E-state index in [9.17, 15) is 72.9 Å². The average Bonchev–Trinajstić information content (AvgIpc) is 1.30. The second kappa shape index (κ2) is 41.9. The van der Waals surface area contributed by atoms with Gasteiger partial charge in [0.25, 0.3) is 0 Å². The van der Waals surface area contributed by atoms with E-state index >= 15 is 0 Å². The monoisotopic (exact) mass is 1270 g/mol. The van der Waals surface area contributed by atoms with Crippen LogP contribution in [0.1, 0.15) is 146 Å². The fourth-order valence-corrected chi connectivity index (χ4v) is 9.28. The van der Waals surface area contributed by atoms with Gasteiger partial charge in [0.1, 0.15) is 54.4 Å². The van der Waals surface area contributed by atoms with Crippen LogP contribution in [0.5, 0.6) is 0 Å². The first kappa shape index (κ1) is 80.7. The topological polar surface area (TPSA) is 476 Å². The van der Waals surface area contributed by atoms with Crippen molar-refractivity contribution in [3.63, 3.8) is 0 Å². The number of hydrogen-bond donors (Lipinski definition) is 17. The number of aliphatic carboxylic acids is 1. The van der Waals surface area contributed by atoms with Gasteiger partial charge in [-0.2, -0.15) is 0 Å². The van der Waals surface area contributed by atoms with Crippen LogP contribution in [0, 0.1) is 29.6 Å². The lowest BCUT2D eigenvalue weighted by Gasteiger charge is -2.30. The molecule has 29 heteroatoms. The number of amides is 11. The van der Waals surface area contributed by atoms with E-state index < -0.39 is 174 Å². The zero-order chi connectivity index (χ0) is 68.5. The summed E-state index contributed by atoms with van der Waals surface area (Å²) in [4.78, 5) is 163. The second-order valence-corrected chi connectivity index (χ2v) is 24.5. The Kier molecular flexibility index (Phi) is 37.5. The van der Waals surface area contributed by atoms with Gasteiger partial charge in [-0.05, 0) is 107 Å². The third-order valence-corrected chi connectivity index (χ3v) is 14.8. The molecule has 0 saturated carbocycles. The van der Waals surface area contributed by atoms with Crippen molar-refractivity contribution in [3.05, 3.63) is 35.9 Å². The Balaban J connectivity index is 3.40. The number of carboxylic acid groups (broad SMARTS) is 1. The second-order valence-electron chi connectivity index (χ2n) is 24.5. The van der Waals surface area contributed by atoms with Gasteiger partial charge in [0.2, 0.25) is 65.0 Å². The largest absolute Gasteiger partial charge is 0.480 e. The van der Waals surface area contributed by atoms with E-state index in [1.807, 2.05) is 20.8 Å². The Bertz CT molecular complexity index is 2480. The minimum atomic E-state index is -1.76. The van der Waals surface area contributed by atoms with Crippen LogP contribution < -0.4 is 75.7 Å². The average molecular weight is 1280 g/mol. The van der Waals surface area contributed by atoms with Gasteiger partial charge in [0, 0.05) is 6.42 Å². The van der Waals surface area contributed by atoms with Crippen LogP contribution in [0.15, 0.2) is 30.3 Å². The van der Waals surface area contributed by atoms with Gasteiger partial charge in [0.15, 0.2) is 0 Å². The summed E-state index contributed by atoms with van der Waals surface area (Å²) >= 11 is 0. The molecule has 1 rings (SSSR count). The Hall–Kier alpha value is -7.34. The maximum Gasteiger partial charge on any atom is 0.326 e. The molecule has 0 bridgehead atoms. The fourth-order valence-electron chi connectivity index (χ4n) is 9.28. The number of benzene rings is 1. The number of rotatable bonds is 43. The van der Waals surface area contributed by atoms with Crippen molar-refractivity contribution in [1.29, 1.82) is 0 Å². The third kappa shape index (κ3) is 30.0. The van der Waals surface area contributed by atoms with Crippen molar-refractivity contribution in [2.75, 3.05) is 26.2 Å². The van der Waals surface area contributed by atoms with E-state index in [1.165, 1.54) is 13.8 Å². The lowest BCUT2D eigenvalue weighted by atomic mass is 9.96. The van der Waals surface area contributed by atoms with Crippen LogP contribution in [0.25, 0.3) is 0 Å². The SMILES string of the molecule is CC[C@H](C)[C@H](NC(=O)CNC(=O)[C@@H](N)CCCCN)C(=O)N[C@@H](CC(C)C)C(=O)NCC(=O)N[C@@H](CCCCN)C(=O)N[C@H](C(=O)N[C@@H](Cc1ccccc1)C(=O)N[C@H](C(=O)N[C@@H](CC(C)C)C(=O)N[C@H](C(=O)N[C@H](C(=O)O)C(C)C)[C@@H](C)O)[C@@H](C)O)C(C)C. The summed E-state index contributed by atoms with van der Waals surface area (Å²) in [7, 11) is 0. The Morgan fingerprint density at radius 2 is 0.833 bits per heavy atom. The van der Waals surface area contributed by atoms with Gasteiger partial charge in [-0.25, -0.2) is 4.79 Å². The van der Waals surface area contributed by atoms with Crippen LogP contribution in [0.3, 0.4) is 0 Å². The highest BCUT2D eigenvalue weighted by Crippen LogP contribution is 2.14. The molecule has 1 aromatic carbocycles. The number of carbonyl (C=O) groups excluding carboxylic acids is 11. The van der Waals surface area contributed by atoms with Crippen molar-refractivity contribution < 1.29 is 72.9 Å². The van der Waals surface area contributed by atoms with Crippen molar-refractivity contribution in [3.8, 4) is 0 Å². The predicted molar refractivity (Wildman–Crippen MR) is 336 cm³/mol. The summed E-state index contributed by atoms with van der Waals surface area (Å²) in [6, 6.07) is -5.00. The lowest BCUT2D eigenvalue weighted by Crippen LogP contribution is -2.63. The minimum Gasteiger partial charge on any atom is -0.480 e. The highest BCUT2D eigenvalue weighted by molar-refractivity contribution is 5.99. The molecule has 0 aromatic heterocycles. The van der Waals surface area contributed by atoms with E-state index in [-0.39, 0.29) is 44.1 Å². The first-order chi connectivity index (χ1) is 42.2. The van der Waals surface area contributed by atoms with Crippen molar-refractivity contribution in [2.45, 2.75) is 220 Å². The third-order valence-electron chi connectivity index (χ3n) is 14.8. The Morgan fingerprint density at radius 3 is 1.30 bits per heavy atom. The van der Waals surface area contributed by atoms with Gasteiger partial charge in [-0.15, -0.1) is 0 Å². The van der Waals surface area contributed by atoms with Crippen LogP contribution >= 0.6 is 0 Å². The van der Waals surface area contributed by atoms with E-state index in [2.05, 4.69) is 58.5 Å². The standard InChI is InChI=1S/C61H106N14O15/c1-13-36(10)49(71-46(79)31-65-52(80)40(64)23-17-19-25-62)58(86)68-42(27-32(2)3)53(81)66-30-45(78)67-41(24-18-20-26-63)54(82)72-47(34(6)7)57(85)70-44(29-39-21-15-14-16-22-39)56(84)74-50(37(11)76)59(87)69-43(28-33(4)5)55(83)75-51(38(12)77)60(88)73-48(35(8)9)61(89)90/h14-16,21-22,32-38,40-44,47-51,76-77H,13,17-20,23-31,62-64H2,1-12H3,(H,65,80)(H,66,81)(H,67,78)(H,68,86)(H,69,87)(H,70,85)(H,71,79)(H,72,82)(H,73,88)(H,74,84)(H,75,83)(H,89,90)/t36-,37+,38+,40-,41-,42-,43-,44-,47-,48-,49-,50-,51-/m0/s1. The summed E-state index contributed by atoms with van der Waals surface area (Å²) in [5.74, 6) is -12.4. The molecule has 29 nitrogen and oxygen atoms in total. The molecule has 1 aromatic rings. The number of aliphatic hydroxyl groups is 2. The fraction of sp³-hybridized carbons (Fsp3) is 0.705. The summed E-state index contributed by atoms with van der Waals surface area (Å²) in [6.45, 7) is 19.0. The molecular weight excluding hydrogens is 1170 g/mol. The summed E-state index contributed by atoms with van der Waals surface area (Å²) in [6.07, 6.45) is -0.257. The number of carboxylic acids is 1. The minimum absolute atomic E-state index is 0.0390. The molecule has 0 fully saturated rings. The smallest absolute Gasteiger partial charge is 0.326 e. The number of carbonyl (C=O) groups is 12. The van der Waals surface area contributed by atoms with Gasteiger partial charge < -0.3 is 91.0 Å². The van der Waals surface area contributed by atoms with E-state index in [4.69, 9.17) is 17.2 Å².